The smallest absolute Gasteiger partial charge is 0.265 e. The quantitative estimate of drug-likeness (QED) is 0.683. The monoisotopic (exact) mass is 291 g/mol. The van der Waals surface area contributed by atoms with Gasteiger partial charge in [0.15, 0.2) is 0 Å². The van der Waals surface area contributed by atoms with E-state index in [0.29, 0.717) is 11.4 Å². The molecule has 0 fully saturated rings. The molecule has 3 N–H and O–H groups in total. The van der Waals surface area contributed by atoms with Gasteiger partial charge in [-0.05, 0) is 32.0 Å². The maximum absolute atomic E-state index is 12.2. The Balaban J connectivity index is 1.98. The Morgan fingerprint density at radius 3 is 2.75 bits per heavy atom. The van der Waals surface area contributed by atoms with Crippen LogP contribution in [-0.4, -0.2) is 28.6 Å². The number of sulfonamides is 1. The summed E-state index contributed by atoms with van der Waals surface area (Å²) in [7, 11) is -3.64. The average Bonchev–Trinajstić information content (AvgIpc) is 2.93. The maximum Gasteiger partial charge on any atom is 0.265 e. The predicted molar refractivity (Wildman–Crippen MR) is 75.0 cm³/mol. The van der Waals surface area contributed by atoms with Gasteiger partial charge in [0.1, 0.15) is 10.7 Å². The Bertz CT molecular complexity index is 878. The van der Waals surface area contributed by atoms with Gasteiger partial charge in [0.05, 0.1) is 28.6 Å². The Hall–Kier alpha value is -2.35. The number of aryl methyl sites for hydroxylation is 2. The second-order valence-corrected chi connectivity index (χ2v) is 6.17. The molecule has 0 aliphatic carbocycles. The molecule has 104 valence electrons. The lowest BCUT2D eigenvalue weighted by Gasteiger charge is -2.06. The first-order valence-electron chi connectivity index (χ1n) is 5.95. The lowest BCUT2D eigenvalue weighted by atomic mass is 10.3. The fraction of sp³-hybridized carbons (Fsp3) is 0.167. The van der Waals surface area contributed by atoms with Crippen LogP contribution < -0.4 is 4.72 Å². The van der Waals surface area contributed by atoms with E-state index in [1.807, 2.05) is 6.92 Å². The molecule has 0 bridgehead atoms. The zero-order valence-corrected chi connectivity index (χ0v) is 11.7. The summed E-state index contributed by atoms with van der Waals surface area (Å²) in [6.45, 7) is 3.50. The minimum absolute atomic E-state index is 0.137. The molecule has 0 atom stereocenters. The van der Waals surface area contributed by atoms with Crippen LogP contribution in [0.25, 0.3) is 11.0 Å². The summed E-state index contributed by atoms with van der Waals surface area (Å²) in [5.41, 5.74) is 2.55. The summed E-state index contributed by atoms with van der Waals surface area (Å²) in [5.74, 6) is 0.783. The van der Waals surface area contributed by atoms with Gasteiger partial charge in [0.2, 0.25) is 0 Å². The van der Waals surface area contributed by atoms with Crippen molar-refractivity contribution in [2.75, 3.05) is 4.72 Å². The summed E-state index contributed by atoms with van der Waals surface area (Å²) in [4.78, 5) is 7.47. The van der Waals surface area contributed by atoms with Crippen molar-refractivity contribution in [3.63, 3.8) is 0 Å². The van der Waals surface area contributed by atoms with Gasteiger partial charge >= 0.3 is 0 Å². The van der Waals surface area contributed by atoms with Crippen LogP contribution in [0.5, 0.6) is 0 Å². The molecule has 0 aliphatic rings. The Labute approximate surface area is 115 Å². The number of aromatic amines is 2. The van der Waals surface area contributed by atoms with Crippen LogP contribution in [0.4, 0.5) is 5.69 Å². The van der Waals surface area contributed by atoms with Crippen LogP contribution in [0.2, 0.25) is 0 Å². The van der Waals surface area contributed by atoms with Crippen molar-refractivity contribution < 1.29 is 8.42 Å². The lowest BCUT2D eigenvalue weighted by molar-refractivity contribution is 0.600. The fourth-order valence-corrected chi connectivity index (χ4v) is 3.21. The highest BCUT2D eigenvalue weighted by molar-refractivity contribution is 7.92. The molecule has 2 aromatic heterocycles. The molecule has 3 aromatic rings. The Morgan fingerprint density at radius 2 is 2.05 bits per heavy atom. The predicted octanol–water partition coefficient (Wildman–Crippen LogP) is 1.70. The largest absolute Gasteiger partial charge is 0.342 e. The molecule has 0 unspecified atom stereocenters. The van der Waals surface area contributed by atoms with E-state index in [4.69, 9.17) is 0 Å². The van der Waals surface area contributed by atoms with Gasteiger partial charge in [-0.1, -0.05) is 0 Å². The summed E-state index contributed by atoms with van der Waals surface area (Å²) in [6.07, 6.45) is 1.29. The third-order valence-electron chi connectivity index (χ3n) is 2.93. The zero-order chi connectivity index (χ0) is 14.3. The van der Waals surface area contributed by atoms with Crippen LogP contribution in [0.3, 0.4) is 0 Å². The van der Waals surface area contributed by atoms with Crippen molar-refractivity contribution in [3.05, 3.63) is 35.9 Å². The van der Waals surface area contributed by atoms with E-state index in [-0.39, 0.29) is 4.90 Å². The van der Waals surface area contributed by atoms with Gasteiger partial charge in [-0.2, -0.15) is 5.10 Å². The highest BCUT2D eigenvalue weighted by Crippen LogP contribution is 2.21. The van der Waals surface area contributed by atoms with Crippen LogP contribution in [-0.2, 0) is 10.0 Å². The van der Waals surface area contributed by atoms with Gasteiger partial charge in [-0.25, -0.2) is 13.4 Å². The molecule has 8 heteroatoms. The van der Waals surface area contributed by atoms with Gasteiger partial charge in [0, 0.05) is 0 Å². The molecule has 0 saturated heterocycles. The van der Waals surface area contributed by atoms with Gasteiger partial charge < -0.3 is 4.98 Å². The van der Waals surface area contributed by atoms with E-state index in [1.165, 1.54) is 6.20 Å². The molecule has 0 aliphatic heterocycles. The topological polar surface area (TPSA) is 104 Å². The lowest BCUT2D eigenvalue weighted by Crippen LogP contribution is -2.13. The minimum atomic E-state index is -3.64. The number of hydrogen-bond acceptors (Lipinski definition) is 4. The summed E-state index contributed by atoms with van der Waals surface area (Å²) in [5, 5.41) is 6.33. The van der Waals surface area contributed by atoms with E-state index in [0.717, 1.165) is 16.9 Å². The van der Waals surface area contributed by atoms with Crippen molar-refractivity contribution >= 4 is 26.7 Å². The first-order chi connectivity index (χ1) is 9.45. The van der Waals surface area contributed by atoms with Crippen molar-refractivity contribution in [1.29, 1.82) is 0 Å². The first-order valence-corrected chi connectivity index (χ1v) is 7.43. The number of hydrogen-bond donors (Lipinski definition) is 3. The molecule has 2 heterocycles. The van der Waals surface area contributed by atoms with E-state index in [1.54, 1.807) is 25.1 Å². The normalized spacial score (nSPS) is 11.9. The molecule has 0 spiro atoms. The minimum Gasteiger partial charge on any atom is -0.342 e. The maximum atomic E-state index is 12.2. The molecule has 3 rings (SSSR count). The molecular formula is C12H13N5O2S. The number of fused-ring (bicyclic) bond motifs is 1. The number of imidazole rings is 1. The number of H-pyrrole nitrogens is 2. The van der Waals surface area contributed by atoms with Crippen molar-refractivity contribution in [3.8, 4) is 0 Å². The molecule has 0 radical (unpaired) electrons. The van der Waals surface area contributed by atoms with E-state index < -0.39 is 10.0 Å². The van der Waals surface area contributed by atoms with Crippen LogP contribution >= 0.6 is 0 Å². The first kappa shape index (κ1) is 12.7. The van der Waals surface area contributed by atoms with Crippen molar-refractivity contribution in [2.24, 2.45) is 0 Å². The number of aromatic nitrogens is 4. The fourth-order valence-electron chi connectivity index (χ4n) is 2.02. The highest BCUT2D eigenvalue weighted by Gasteiger charge is 2.18. The summed E-state index contributed by atoms with van der Waals surface area (Å²) >= 11 is 0. The van der Waals surface area contributed by atoms with Gasteiger partial charge in [0.25, 0.3) is 10.0 Å². The molecule has 7 nitrogen and oxygen atoms in total. The van der Waals surface area contributed by atoms with Crippen molar-refractivity contribution in [1.82, 2.24) is 20.2 Å². The third kappa shape index (κ3) is 2.14. The molecular weight excluding hydrogens is 278 g/mol. The van der Waals surface area contributed by atoms with Gasteiger partial charge in [-0.3, -0.25) is 9.82 Å². The number of nitrogens with one attached hydrogen (secondary N) is 3. The molecule has 20 heavy (non-hydrogen) atoms. The Kier molecular flexibility index (Phi) is 2.75. The van der Waals surface area contributed by atoms with E-state index >= 15 is 0 Å². The average molecular weight is 291 g/mol. The number of rotatable bonds is 3. The molecule has 0 amide bonds. The zero-order valence-electron chi connectivity index (χ0n) is 10.9. The number of benzene rings is 1. The number of nitrogens with zero attached hydrogens (tertiary/aromatic N) is 2. The van der Waals surface area contributed by atoms with Crippen LogP contribution in [0, 0.1) is 13.8 Å². The van der Waals surface area contributed by atoms with Crippen LogP contribution in [0.15, 0.2) is 29.3 Å². The van der Waals surface area contributed by atoms with Crippen LogP contribution in [0.1, 0.15) is 11.5 Å². The SMILES string of the molecule is Cc1nc2ccc(NS(=O)(=O)c3cn[nH]c3C)cc2[nH]1. The second kappa shape index (κ2) is 4.34. The summed E-state index contributed by atoms with van der Waals surface area (Å²) in [6, 6.07) is 5.15. The van der Waals surface area contributed by atoms with E-state index in [9.17, 15) is 8.42 Å². The van der Waals surface area contributed by atoms with Crippen molar-refractivity contribution in [2.45, 2.75) is 18.7 Å². The molecule has 0 saturated carbocycles. The number of anilines is 1. The second-order valence-electron chi connectivity index (χ2n) is 4.52. The molecule has 1 aromatic carbocycles. The summed E-state index contributed by atoms with van der Waals surface area (Å²) < 4.78 is 27.0. The standard InChI is InChI=1S/C12H13N5O2S/c1-7-12(6-13-16-7)20(18,19)17-9-3-4-10-11(5-9)15-8(2)14-10/h3-6,17H,1-2H3,(H,13,16)(H,14,15). The Morgan fingerprint density at radius 1 is 1.25 bits per heavy atom. The highest BCUT2D eigenvalue weighted by atomic mass is 32.2. The van der Waals surface area contributed by atoms with Gasteiger partial charge in [-0.15, -0.1) is 0 Å². The third-order valence-corrected chi connectivity index (χ3v) is 4.42. The van der Waals surface area contributed by atoms with E-state index in [2.05, 4.69) is 24.9 Å².